The zero-order chi connectivity index (χ0) is 24.1. The SMILES string of the molecule is CC[C@@H](CC1COC(C)(C)N1C(=O)OC(C)(C)C)Oc1cccc(OCc2ccccc2)c1. The van der Waals surface area contributed by atoms with Crippen molar-refractivity contribution in [3.8, 4) is 11.5 Å². The minimum atomic E-state index is -0.726. The van der Waals surface area contributed by atoms with Crippen LogP contribution in [0, 0.1) is 0 Å². The molecule has 1 aliphatic rings. The predicted octanol–water partition coefficient (Wildman–Crippen LogP) is 6.19. The Balaban J connectivity index is 1.64. The van der Waals surface area contributed by atoms with Crippen molar-refractivity contribution < 1.29 is 23.7 Å². The monoisotopic (exact) mass is 455 g/mol. The van der Waals surface area contributed by atoms with E-state index in [1.807, 2.05) is 89.2 Å². The first kappa shape index (κ1) is 24.9. The molecule has 180 valence electrons. The van der Waals surface area contributed by atoms with Gasteiger partial charge in [0.25, 0.3) is 0 Å². The molecule has 0 N–H and O–H groups in total. The number of rotatable bonds is 8. The zero-order valence-corrected chi connectivity index (χ0v) is 20.7. The smallest absolute Gasteiger partial charge is 0.412 e. The van der Waals surface area contributed by atoms with E-state index in [0.717, 1.165) is 23.5 Å². The highest BCUT2D eigenvalue weighted by atomic mass is 16.6. The summed E-state index contributed by atoms with van der Waals surface area (Å²) in [7, 11) is 0. The molecular weight excluding hydrogens is 418 g/mol. The van der Waals surface area contributed by atoms with E-state index in [0.29, 0.717) is 19.6 Å². The second-order valence-electron chi connectivity index (χ2n) is 9.89. The maximum absolute atomic E-state index is 12.9. The molecule has 1 unspecified atom stereocenters. The summed E-state index contributed by atoms with van der Waals surface area (Å²) >= 11 is 0. The lowest BCUT2D eigenvalue weighted by Gasteiger charge is -2.36. The van der Waals surface area contributed by atoms with Crippen molar-refractivity contribution in [3.63, 3.8) is 0 Å². The molecule has 0 radical (unpaired) electrons. The van der Waals surface area contributed by atoms with Gasteiger partial charge in [0.05, 0.1) is 12.6 Å². The topological polar surface area (TPSA) is 57.2 Å². The second-order valence-corrected chi connectivity index (χ2v) is 9.89. The molecule has 33 heavy (non-hydrogen) atoms. The minimum Gasteiger partial charge on any atom is -0.490 e. The average molecular weight is 456 g/mol. The Morgan fingerprint density at radius 2 is 1.82 bits per heavy atom. The first-order valence-corrected chi connectivity index (χ1v) is 11.7. The minimum absolute atomic E-state index is 0.0817. The molecule has 0 spiro atoms. The van der Waals surface area contributed by atoms with E-state index < -0.39 is 11.3 Å². The number of benzene rings is 2. The third-order valence-electron chi connectivity index (χ3n) is 5.51. The van der Waals surface area contributed by atoms with Gasteiger partial charge in [0.15, 0.2) is 0 Å². The van der Waals surface area contributed by atoms with Gasteiger partial charge in [-0.25, -0.2) is 4.79 Å². The molecule has 0 bridgehead atoms. The summed E-state index contributed by atoms with van der Waals surface area (Å²) in [4.78, 5) is 14.6. The van der Waals surface area contributed by atoms with Gasteiger partial charge in [0, 0.05) is 12.5 Å². The number of hydrogen-bond acceptors (Lipinski definition) is 5. The lowest BCUT2D eigenvalue weighted by atomic mass is 10.1. The molecule has 2 atom stereocenters. The highest BCUT2D eigenvalue weighted by molar-refractivity contribution is 5.69. The van der Waals surface area contributed by atoms with Crippen LogP contribution in [0.5, 0.6) is 11.5 Å². The van der Waals surface area contributed by atoms with Gasteiger partial charge in [-0.15, -0.1) is 0 Å². The summed E-state index contributed by atoms with van der Waals surface area (Å²) in [6.07, 6.45) is 1.01. The third-order valence-corrected chi connectivity index (χ3v) is 5.51. The standard InChI is InChI=1S/C27H37NO5/c1-7-22(16-21-19-31-27(5,6)28(21)25(29)33-26(2,3)4)32-24-15-11-14-23(17-24)30-18-20-12-9-8-10-13-20/h8-15,17,21-22H,7,16,18-19H2,1-6H3/t21?,22-/m0/s1. The molecule has 1 fully saturated rings. The van der Waals surface area contributed by atoms with Crippen LogP contribution >= 0.6 is 0 Å². The van der Waals surface area contributed by atoms with Crippen molar-refractivity contribution in [2.75, 3.05) is 6.61 Å². The summed E-state index contributed by atoms with van der Waals surface area (Å²) in [5.41, 5.74) is -0.182. The van der Waals surface area contributed by atoms with Crippen molar-refractivity contribution in [1.29, 1.82) is 0 Å². The quantitative estimate of drug-likeness (QED) is 0.475. The molecule has 1 saturated heterocycles. The molecule has 0 aliphatic carbocycles. The van der Waals surface area contributed by atoms with Gasteiger partial charge in [0.2, 0.25) is 0 Å². The van der Waals surface area contributed by atoms with Gasteiger partial charge in [-0.1, -0.05) is 43.3 Å². The molecule has 6 nitrogen and oxygen atoms in total. The maximum Gasteiger partial charge on any atom is 0.412 e. The van der Waals surface area contributed by atoms with E-state index in [1.54, 1.807) is 4.90 Å². The molecular formula is C27H37NO5. The number of ether oxygens (including phenoxy) is 4. The number of nitrogens with zero attached hydrogens (tertiary/aromatic N) is 1. The molecule has 1 amide bonds. The van der Waals surface area contributed by atoms with E-state index in [-0.39, 0.29) is 18.2 Å². The van der Waals surface area contributed by atoms with Crippen LogP contribution in [0.25, 0.3) is 0 Å². The first-order valence-electron chi connectivity index (χ1n) is 11.7. The van der Waals surface area contributed by atoms with E-state index in [4.69, 9.17) is 18.9 Å². The van der Waals surface area contributed by atoms with Gasteiger partial charge in [-0.05, 0) is 58.7 Å². The van der Waals surface area contributed by atoms with Crippen LogP contribution in [-0.2, 0) is 16.1 Å². The van der Waals surface area contributed by atoms with Gasteiger partial charge >= 0.3 is 6.09 Å². The molecule has 3 rings (SSSR count). The number of amides is 1. The van der Waals surface area contributed by atoms with Crippen LogP contribution in [0.3, 0.4) is 0 Å². The summed E-state index contributed by atoms with van der Waals surface area (Å²) in [6, 6.07) is 17.6. The Morgan fingerprint density at radius 3 is 2.48 bits per heavy atom. The number of carbonyl (C=O) groups is 1. The molecule has 1 aliphatic heterocycles. The first-order chi connectivity index (χ1) is 15.6. The molecule has 6 heteroatoms. The second kappa shape index (κ2) is 10.5. The summed E-state index contributed by atoms with van der Waals surface area (Å²) in [6.45, 7) is 12.4. The molecule has 0 saturated carbocycles. The Labute approximate surface area is 197 Å². The number of carbonyl (C=O) groups excluding carboxylic acids is 1. The third kappa shape index (κ3) is 7.13. The van der Waals surface area contributed by atoms with Crippen LogP contribution in [0.2, 0.25) is 0 Å². The van der Waals surface area contributed by atoms with Crippen molar-refractivity contribution in [3.05, 3.63) is 60.2 Å². The predicted molar refractivity (Wildman–Crippen MR) is 128 cm³/mol. The zero-order valence-electron chi connectivity index (χ0n) is 20.7. The maximum atomic E-state index is 12.9. The van der Waals surface area contributed by atoms with Gasteiger partial charge in [0.1, 0.15) is 35.5 Å². The van der Waals surface area contributed by atoms with E-state index in [1.165, 1.54) is 0 Å². The fourth-order valence-electron chi connectivity index (χ4n) is 3.91. The van der Waals surface area contributed by atoms with Crippen molar-refractivity contribution in [2.45, 2.75) is 84.5 Å². The lowest BCUT2D eigenvalue weighted by molar-refractivity contribution is -0.0635. The molecule has 2 aromatic carbocycles. The molecule has 1 heterocycles. The highest BCUT2D eigenvalue weighted by Crippen LogP contribution is 2.33. The summed E-state index contributed by atoms with van der Waals surface area (Å²) < 4.78 is 23.8. The Hall–Kier alpha value is -2.73. The van der Waals surface area contributed by atoms with Gasteiger partial charge in [-0.2, -0.15) is 0 Å². The van der Waals surface area contributed by atoms with Crippen LogP contribution in [0.15, 0.2) is 54.6 Å². The summed E-state index contributed by atoms with van der Waals surface area (Å²) in [5.74, 6) is 1.50. The van der Waals surface area contributed by atoms with Crippen LogP contribution in [0.1, 0.15) is 59.9 Å². The van der Waals surface area contributed by atoms with Crippen molar-refractivity contribution in [2.24, 2.45) is 0 Å². The van der Waals surface area contributed by atoms with Crippen LogP contribution in [0.4, 0.5) is 4.79 Å². The Morgan fingerprint density at radius 1 is 1.12 bits per heavy atom. The van der Waals surface area contributed by atoms with Crippen molar-refractivity contribution in [1.82, 2.24) is 4.90 Å². The van der Waals surface area contributed by atoms with Gasteiger partial charge in [-0.3, -0.25) is 4.90 Å². The molecule has 0 aromatic heterocycles. The normalized spacial score (nSPS) is 18.6. The fraction of sp³-hybridized carbons (Fsp3) is 0.519. The fourth-order valence-corrected chi connectivity index (χ4v) is 3.91. The Kier molecular flexibility index (Phi) is 7.90. The van der Waals surface area contributed by atoms with E-state index >= 15 is 0 Å². The molecule has 2 aromatic rings. The largest absolute Gasteiger partial charge is 0.490 e. The van der Waals surface area contributed by atoms with Crippen LogP contribution < -0.4 is 9.47 Å². The lowest BCUT2D eigenvalue weighted by Crippen LogP contribution is -2.50. The van der Waals surface area contributed by atoms with Crippen molar-refractivity contribution >= 4 is 6.09 Å². The summed E-state index contributed by atoms with van der Waals surface area (Å²) in [5, 5.41) is 0. The van der Waals surface area contributed by atoms with Gasteiger partial charge < -0.3 is 18.9 Å². The Bertz CT molecular complexity index is 906. The highest BCUT2D eigenvalue weighted by Gasteiger charge is 2.46. The van der Waals surface area contributed by atoms with E-state index in [9.17, 15) is 4.79 Å². The number of hydrogen-bond donors (Lipinski definition) is 0. The average Bonchev–Trinajstić information content (AvgIpc) is 3.05. The van der Waals surface area contributed by atoms with Crippen LogP contribution in [-0.4, -0.2) is 41.1 Å². The van der Waals surface area contributed by atoms with E-state index in [2.05, 4.69) is 6.92 Å².